The van der Waals surface area contributed by atoms with Gasteiger partial charge in [-0.15, -0.1) is 0 Å². The number of carbonyl (C=O) groups is 2. The Labute approximate surface area is 124 Å². The van der Waals surface area contributed by atoms with E-state index in [0.717, 1.165) is 5.56 Å². The Morgan fingerprint density at radius 1 is 1.52 bits per heavy atom. The quantitative estimate of drug-likeness (QED) is 0.730. The van der Waals surface area contributed by atoms with E-state index in [2.05, 4.69) is 17.2 Å². The van der Waals surface area contributed by atoms with Crippen molar-refractivity contribution < 1.29 is 14.7 Å². The minimum Gasteiger partial charge on any atom is -0.384 e. The number of benzene rings is 1. The fourth-order valence-corrected chi connectivity index (χ4v) is 2.29. The highest BCUT2D eigenvalue weighted by Crippen LogP contribution is 2.16. The summed E-state index contributed by atoms with van der Waals surface area (Å²) >= 11 is 0. The fourth-order valence-electron chi connectivity index (χ4n) is 2.29. The zero-order valence-electron chi connectivity index (χ0n) is 12.1. The van der Waals surface area contributed by atoms with Crippen LogP contribution in [0.1, 0.15) is 28.4 Å². The third kappa shape index (κ3) is 3.23. The number of aliphatic hydroxyl groups is 1. The van der Waals surface area contributed by atoms with Crippen LogP contribution in [0.5, 0.6) is 0 Å². The predicted octanol–water partition coefficient (Wildman–Crippen LogP) is 0.299. The molecule has 0 aromatic heterocycles. The van der Waals surface area contributed by atoms with Gasteiger partial charge in [-0.25, -0.2) is 0 Å². The van der Waals surface area contributed by atoms with Crippen molar-refractivity contribution in [3.8, 4) is 11.8 Å². The Hall–Kier alpha value is -2.32. The van der Waals surface area contributed by atoms with E-state index in [1.54, 1.807) is 24.0 Å². The number of piperazine rings is 1. The molecule has 1 unspecified atom stereocenters. The molecule has 1 atom stereocenters. The van der Waals surface area contributed by atoms with E-state index in [9.17, 15) is 9.59 Å². The number of nitrogens with zero attached hydrogens (tertiary/aromatic N) is 1. The lowest BCUT2D eigenvalue weighted by Gasteiger charge is -2.33. The smallest absolute Gasteiger partial charge is 0.254 e. The molecule has 0 radical (unpaired) electrons. The third-order valence-corrected chi connectivity index (χ3v) is 3.54. The molecule has 1 aromatic rings. The molecule has 2 amide bonds. The highest BCUT2D eigenvalue weighted by Gasteiger charge is 2.30. The van der Waals surface area contributed by atoms with Crippen LogP contribution in [0.4, 0.5) is 0 Å². The van der Waals surface area contributed by atoms with Crippen molar-refractivity contribution in [2.24, 2.45) is 0 Å². The molecule has 2 rings (SSSR count). The van der Waals surface area contributed by atoms with Gasteiger partial charge in [-0.1, -0.05) is 17.9 Å². The maximum atomic E-state index is 12.7. The van der Waals surface area contributed by atoms with Crippen LogP contribution >= 0.6 is 0 Å². The second-order valence-electron chi connectivity index (χ2n) is 4.96. The number of nitrogens with one attached hydrogen (secondary N) is 1. The first-order chi connectivity index (χ1) is 10.0. The Kier molecular flexibility index (Phi) is 4.61. The van der Waals surface area contributed by atoms with E-state index in [1.165, 1.54) is 0 Å². The third-order valence-electron chi connectivity index (χ3n) is 3.54. The van der Waals surface area contributed by atoms with Crippen LogP contribution in [0.25, 0.3) is 0 Å². The zero-order chi connectivity index (χ0) is 15.4. The number of aliphatic hydroxyl groups excluding tert-OH is 1. The molecule has 0 spiro atoms. The summed E-state index contributed by atoms with van der Waals surface area (Å²) in [6.07, 6.45) is 0. The van der Waals surface area contributed by atoms with Gasteiger partial charge in [0.15, 0.2) is 0 Å². The molecule has 2 N–H and O–H groups in total. The largest absolute Gasteiger partial charge is 0.384 e. The molecule has 21 heavy (non-hydrogen) atoms. The molecular weight excluding hydrogens is 268 g/mol. The van der Waals surface area contributed by atoms with Crippen molar-refractivity contribution in [3.63, 3.8) is 0 Å². The average molecular weight is 286 g/mol. The Morgan fingerprint density at radius 2 is 2.29 bits per heavy atom. The average Bonchev–Trinajstić information content (AvgIpc) is 2.48. The van der Waals surface area contributed by atoms with Gasteiger partial charge in [0.25, 0.3) is 5.91 Å². The first kappa shape index (κ1) is 15.1. The lowest BCUT2D eigenvalue weighted by Crippen LogP contribution is -2.55. The molecule has 0 bridgehead atoms. The van der Waals surface area contributed by atoms with Crippen LogP contribution in [0, 0.1) is 18.8 Å². The first-order valence-corrected chi connectivity index (χ1v) is 6.83. The summed E-state index contributed by atoms with van der Waals surface area (Å²) in [5.41, 5.74) is 2.06. The van der Waals surface area contributed by atoms with Crippen molar-refractivity contribution >= 4 is 11.8 Å². The van der Waals surface area contributed by atoms with E-state index in [0.29, 0.717) is 24.2 Å². The van der Waals surface area contributed by atoms with Crippen LogP contribution < -0.4 is 5.32 Å². The molecule has 1 heterocycles. The Balaban J connectivity index is 2.31. The van der Waals surface area contributed by atoms with E-state index in [1.807, 2.05) is 13.0 Å². The molecular formula is C16H18N2O3. The van der Waals surface area contributed by atoms with Gasteiger partial charge in [-0.3, -0.25) is 9.59 Å². The Bertz CT molecular complexity index is 628. The van der Waals surface area contributed by atoms with Gasteiger partial charge < -0.3 is 15.3 Å². The van der Waals surface area contributed by atoms with Crippen molar-refractivity contribution in [1.82, 2.24) is 10.2 Å². The molecule has 5 heteroatoms. The first-order valence-electron chi connectivity index (χ1n) is 6.83. The van der Waals surface area contributed by atoms with Gasteiger partial charge in [0.1, 0.15) is 12.6 Å². The maximum Gasteiger partial charge on any atom is 0.254 e. The predicted molar refractivity (Wildman–Crippen MR) is 78.7 cm³/mol. The molecule has 1 aromatic carbocycles. The lowest BCUT2D eigenvalue weighted by atomic mass is 10.0. The van der Waals surface area contributed by atoms with Crippen molar-refractivity contribution in [2.45, 2.75) is 19.9 Å². The normalized spacial score (nSPS) is 17.8. The molecule has 0 saturated carbocycles. The van der Waals surface area contributed by atoms with Crippen molar-refractivity contribution in [2.75, 3.05) is 19.7 Å². The number of carbonyl (C=O) groups excluding carboxylic acids is 2. The lowest BCUT2D eigenvalue weighted by molar-refractivity contribution is -0.127. The molecule has 1 saturated heterocycles. The van der Waals surface area contributed by atoms with Crippen molar-refractivity contribution in [1.29, 1.82) is 0 Å². The molecule has 5 nitrogen and oxygen atoms in total. The Morgan fingerprint density at radius 3 is 3.00 bits per heavy atom. The summed E-state index contributed by atoms with van der Waals surface area (Å²) in [5.74, 6) is 5.05. The molecule has 110 valence electrons. The summed E-state index contributed by atoms with van der Waals surface area (Å²) in [6.45, 7) is 4.32. The number of rotatable bonds is 1. The minimum absolute atomic E-state index is 0.136. The monoisotopic (exact) mass is 286 g/mol. The fraction of sp³-hybridized carbons (Fsp3) is 0.375. The number of amides is 2. The molecule has 1 aliphatic rings. The summed E-state index contributed by atoms with van der Waals surface area (Å²) in [7, 11) is 0. The number of aryl methyl sites for hydroxylation is 1. The molecule has 1 fully saturated rings. The van der Waals surface area contributed by atoms with Crippen LogP contribution in [0.15, 0.2) is 18.2 Å². The van der Waals surface area contributed by atoms with E-state index >= 15 is 0 Å². The topological polar surface area (TPSA) is 69.6 Å². The number of hydrogen-bond donors (Lipinski definition) is 2. The van der Waals surface area contributed by atoms with Crippen LogP contribution in [-0.2, 0) is 4.79 Å². The maximum absolute atomic E-state index is 12.7. The summed E-state index contributed by atoms with van der Waals surface area (Å²) < 4.78 is 0. The van der Waals surface area contributed by atoms with Gasteiger partial charge in [0.05, 0.1) is 0 Å². The van der Waals surface area contributed by atoms with Crippen LogP contribution in [0.3, 0.4) is 0 Å². The highest BCUT2D eigenvalue weighted by molar-refractivity contribution is 5.99. The van der Waals surface area contributed by atoms with Crippen molar-refractivity contribution in [3.05, 3.63) is 34.9 Å². The van der Waals surface area contributed by atoms with Gasteiger partial charge in [0, 0.05) is 24.2 Å². The van der Waals surface area contributed by atoms with E-state index < -0.39 is 6.04 Å². The number of hydrogen-bond acceptors (Lipinski definition) is 3. The van der Waals surface area contributed by atoms with E-state index in [4.69, 9.17) is 5.11 Å². The highest BCUT2D eigenvalue weighted by atomic mass is 16.2. The summed E-state index contributed by atoms with van der Waals surface area (Å²) in [6, 6.07) is 4.86. The van der Waals surface area contributed by atoms with Gasteiger partial charge >= 0.3 is 0 Å². The van der Waals surface area contributed by atoms with Gasteiger partial charge in [-0.2, -0.15) is 0 Å². The second kappa shape index (κ2) is 6.42. The standard InChI is InChI=1S/C16H18N2O3/c1-11-5-6-13(4-3-9-19)10-14(11)16(21)18-8-7-17-15(20)12(18)2/h5-6,10,12,19H,7-9H2,1-2H3,(H,17,20). The van der Waals surface area contributed by atoms with Crippen LogP contribution in [-0.4, -0.2) is 47.6 Å². The SMILES string of the molecule is Cc1ccc(C#CCO)cc1C(=O)N1CCNC(=O)C1C. The van der Waals surface area contributed by atoms with Gasteiger partial charge in [0.2, 0.25) is 5.91 Å². The zero-order valence-corrected chi connectivity index (χ0v) is 12.1. The van der Waals surface area contributed by atoms with Gasteiger partial charge in [-0.05, 0) is 31.5 Å². The molecule has 1 aliphatic heterocycles. The second-order valence-corrected chi connectivity index (χ2v) is 4.96. The molecule has 0 aliphatic carbocycles. The summed E-state index contributed by atoms with van der Waals surface area (Å²) in [4.78, 5) is 25.9. The van der Waals surface area contributed by atoms with Crippen LogP contribution in [0.2, 0.25) is 0 Å². The minimum atomic E-state index is -0.474. The van der Waals surface area contributed by atoms with E-state index in [-0.39, 0.29) is 18.4 Å². The summed E-state index contributed by atoms with van der Waals surface area (Å²) in [5, 5.41) is 11.5.